The molecule has 0 radical (unpaired) electrons. The van der Waals surface area contributed by atoms with E-state index in [2.05, 4.69) is 27.0 Å². The predicted octanol–water partition coefficient (Wildman–Crippen LogP) is 5.00. The molecule has 0 fully saturated rings. The first-order valence-corrected chi connectivity index (χ1v) is 8.23. The van der Waals surface area contributed by atoms with Gasteiger partial charge in [0.1, 0.15) is 17.5 Å². The van der Waals surface area contributed by atoms with Gasteiger partial charge in [-0.2, -0.15) is 5.26 Å². The van der Waals surface area contributed by atoms with E-state index in [1.54, 1.807) is 11.3 Å². The Bertz CT molecular complexity index is 893. The Morgan fingerprint density at radius 1 is 1.18 bits per heavy atom. The number of nitrogen functional groups attached to an aromatic ring is 1. The lowest BCUT2D eigenvalue weighted by atomic mass is 10.0. The van der Waals surface area contributed by atoms with Crippen molar-refractivity contribution in [2.24, 2.45) is 0 Å². The van der Waals surface area contributed by atoms with Gasteiger partial charge in [-0.3, -0.25) is 0 Å². The number of hydrogen-bond donors (Lipinski definition) is 1. The van der Waals surface area contributed by atoms with E-state index < -0.39 is 0 Å². The van der Waals surface area contributed by atoms with Gasteiger partial charge in [0.05, 0.1) is 9.48 Å². The van der Waals surface area contributed by atoms with Crippen LogP contribution in [0.1, 0.15) is 11.1 Å². The number of anilines is 1. The molecule has 3 nitrogen and oxygen atoms in total. The number of halogens is 1. The van der Waals surface area contributed by atoms with Crippen molar-refractivity contribution in [2.75, 3.05) is 5.73 Å². The van der Waals surface area contributed by atoms with Crippen LogP contribution >= 0.6 is 27.3 Å². The van der Waals surface area contributed by atoms with Gasteiger partial charge in [-0.05, 0) is 46.6 Å². The first-order valence-electron chi connectivity index (χ1n) is 6.62. The van der Waals surface area contributed by atoms with Gasteiger partial charge in [-0.25, -0.2) is 4.98 Å². The van der Waals surface area contributed by atoms with Crippen LogP contribution in [0.3, 0.4) is 0 Å². The van der Waals surface area contributed by atoms with Crippen molar-refractivity contribution in [1.82, 2.24) is 4.98 Å². The Hall–Kier alpha value is -2.16. The van der Waals surface area contributed by atoms with Crippen LogP contribution in [-0.4, -0.2) is 4.98 Å². The fourth-order valence-corrected chi connectivity index (χ4v) is 3.74. The number of thiophene rings is 1. The smallest absolute Gasteiger partial charge is 0.142 e. The topological polar surface area (TPSA) is 62.7 Å². The fraction of sp³-hybridized carbons (Fsp3) is 0.0588. The summed E-state index contributed by atoms with van der Waals surface area (Å²) in [5.74, 6) is 0.266. The molecule has 3 rings (SSSR count). The van der Waals surface area contributed by atoms with Gasteiger partial charge < -0.3 is 5.73 Å². The first kappa shape index (κ1) is 14.8. The summed E-state index contributed by atoms with van der Waals surface area (Å²) in [5, 5.41) is 9.41. The molecule has 0 aliphatic carbocycles. The number of aromatic nitrogens is 1. The van der Waals surface area contributed by atoms with E-state index in [9.17, 15) is 5.26 Å². The maximum atomic E-state index is 9.41. The van der Waals surface area contributed by atoms with Gasteiger partial charge in [-0.15, -0.1) is 11.3 Å². The number of hydrogen-bond acceptors (Lipinski definition) is 4. The monoisotopic (exact) mass is 369 g/mol. The second-order valence-corrected chi connectivity index (χ2v) is 7.31. The van der Waals surface area contributed by atoms with Crippen LogP contribution in [0.25, 0.3) is 21.7 Å². The van der Waals surface area contributed by atoms with E-state index in [1.807, 2.05) is 49.4 Å². The molecule has 1 aromatic carbocycles. The SMILES string of the molecule is Cc1ccccc1-c1cc(-c2ccc(Br)s2)c(C#N)c(N)n1. The number of nitriles is 1. The second-order valence-electron chi connectivity index (χ2n) is 4.85. The highest BCUT2D eigenvalue weighted by Crippen LogP contribution is 2.37. The summed E-state index contributed by atoms with van der Waals surface area (Å²) in [5.41, 5.74) is 10.2. The molecule has 2 aromatic heterocycles. The number of aryl methyl sites for hydroxylation is 1. The summed E-state index contributed by atoms with van der Waals surface area (Å²) < 4.78 is 1.01. The van der Waals surface area contributed by atoms with Crippen molar-refractivity contribution >= 4 is 33.1 Å². The molecule has 2 heterocycles. The zero-order chi connectivity index (χ0) is 15.7. The number of rotatable bonds is 2. The van der Waals surface area contributed by atoms with Crippen LogP contribution in [0, 0.1) is 18.3 Å². The minimum atomic E-state index is 0.266. The lowest BCUT2D eigenvalue weighted by Gasteiger charge is -2.10. The van der Waals surface area contributed by atoms with E-state index in [0.717, 1.165) is 31.0 Å². The van der Waals surface area contributed by atoms with Crippen LogP contribution in [0.15, 0.2) is 46.3 Å². The van der Waals surface area contributed by atoms with Crippen LogP contribution in [-0.2, 0) is 0 Å². The van der Waals surface area contributed by atoms with Crippen molar-refractivity contribution in [1.29, 1.82) is 5.26 Å². The molecule has 0 amide bonds. The van der Waals surface area contributed by atoms with E-state index in [0.29, 0.717) is 5.56 Å². The van der Waals surface area contributed by atoms with Gasteiger partial charge in [0.25, 0.3) is 0 Å². The fourth-order valence-electron chi connectivity index (χ4n) is 2.33. The number of benzene rings is 1. The third kappa shape index (κ3) is 2.63. The molecule has 3 aromatic rings. The van der Waals surface area contributed by atoms with Crippen molar-refractivity contribution in [3.05, 3.63) is 57.4 Å². The molecule has 0 aliphatic rings. The van der Waals surface area contributed by atoms with Crippen molar-refractivity contribution in [2.45, 2.75) is 6.92 Å². The summed E-state index contributed by atoms with van der Waals surface area (Å²) in [6.45, 7) is 2.03. The average Bonchev–Trinajstić information content (AvgIpc) is 2.93. The molecule has 2 N–H and O–H groups in total. The van der Waals surface area contributed by atoms with Crippen molar-refractivity contribution in [3.63, 3.8) is 0 Å². The Morgan fingerprint density at radius 2 is 1.95 bits per heavy atom. The summed E-state index contributed by atoms with van der Waals surface area (Å²) in [4.78, 5) is 5.41. The Kier molecular flexibility index (Phi) is 3.97. The minimum Gasteiger partial charge on any atom is -0.383 e. The molecule has 22 heavy (non-hydrogen) atoms. The number of pyridine rings is 1. The van der Waals surface area contributed by atoms with Crippen LogP contribution < -0.4 is 5.73 Å². The summed E-state index contributed by atoms with van der Waals surface area (Å²) >= 11 is 5.03. The Morgan fingerprint density at radius 3 is 2.59 bits per heavy atom. The van der Waals surface area contributed by atoms with Gasteiger partial charge in [0.2, 0.25) is 0 Å². The molecular formula is C17H12BrN3S. The minimum absolute atomic E-state index is 0.266. The third-order valence-electron chi connectivity index (χ3n) is 3.42. The van der Waals surface area contributed by atoms with Crippen molar-refractivity contribution < 1.29 is 0 Å². The van der Waals surface area contributed by atoms with E-state index >= 15 is 0 Å². The molecule has 0 spiro atoms. The first-order chi connectivity index (χ1) is 10.6. The predicted molar refractivity (Wildman–Crippen MR) is 94.6 cm³/mol. The second kappa shape index (κ2) is 5.91. The highest BCUT2D eigenvalue weighted by Gasteiger charge is 2.15. The van der Waals surface area contributed by atoms with Gasteiger partial charge in [0.15, 0.2) is 0 Å². The third-order valence-corrected chi connectivity index (χ3v) is 5.08. The highest BCUT2D eigenvalue weighted by molar-refractivity contribution is 9.11. The zero-order valence-electron chi connectivity index (χ0n) is 11.8. The number of nitrogens with two attached hydrogens (primary N) is 1. The zero-order valence-corrected chi connectivity index (χ0v) is 14.2. The molecule has 0 saturated carbocycles. The molecule has 0 atom stereocenters. The molecule has 0 aliphatic heterocycles. The Balaban J connectivity index is 2.26. The van der Waals surface area contributed by atoms with Crippen molar-refractivity contribution in [3.8, 4) is 27.8 Å². The van der Waals surface area contributed by atoms with Gasteiger partial charge >= 0.3 is 0 Å². The lowest BCUT2D eigenvalue weighted by Crippen LogP contribution is -1.99. The lowest BCUT2D eigenvalue weighted by molar-refractivity contribution is 1.30. The average molecular weight is 370 g/mol. The molecular weight excluding hydrogens is 358 g/mol. The molecule has 0 bridgehead atoms. The summed E-state index contributed by atoms with van der Waals surface area (Å²) in [6, 6.07) is 16.1. The van der Waals surface area contributed by atoms with E-state index in [-0.39, 0.29) is 5.82 Å². The maximum absolute atomic E-state index is 9.41. The standard InChI is InChI=1S/C17H12BrN3S/c1-10-4-2-3-5-11(10)14-8-12(13(9-19)17(20)21-14)15-6-7-16(18)22-15/h2-8H,1H3,(H2,20,21). The highest BCUT2D eigenvalue weighted by atomic mass is 79.9. The normalized spacial score (nSPS) is 10.4. The van der Waals surface area contributed by atoms with Crippen LogP contribution in [0.2, 0.25) is 0 Å². The molecule has 5 heteroatoms. The van der Waals surface area contributed by atoms with Crippen LogP contribution in [0.4, 0.5) is 5.82 Å². The molecule has 108 valence electrons. The maximum Gasteiger partial charge on any atom is 0.142 e. The van der Waals surface area contributed by atoms with E-state index in [1.165, 1.54) is 0 Å². The largest absolute Gasteiger partial charge is 0.383 e. The van der Waals surface area contributed by atoms with Crippen LogP contribution in [0.5, 0.6) is 0 Å². The summed E-state index contributed by atoms with van der Waals surface area (Å²) in [6.07, 6.45) is 0. The van der Waals surface area contributed by atoms with Gasteiger partial charge in [-0.1, -0.05) is 24.3 Å². The summed E-state index contributed by atoms with van der Waals surface area (Å²) in [7, 11) is 0. The van der Waals surface area contributed by atoms with Gasteiger partial charge in [0, 0.05) is 16.0 Å². The molecule has 0 unspecified atom stereocenters. The Labute approximate surface area is 141 Å². The van der Waals surface area contributed by atoms with E-state index in [4.69, 9.17) is 5.73 Å². The molecule has 0 saturated heterocycles. The quantitative estimate of drug-likeness (QED) is 0.690. The number of nitrogens with zero attached hydrogens (tertiary/aromatic N) is 2.